The van der Waals surface area contributed by atoms with Crippen molar-refractivity contribution in [2.45, 2.75) is 78.4 Å². The molecule has 1 heterocycles. The fourth-order valence-electron chi connectivity index (χ4n) is 3.94. The van der Waals surface area contributed by atoms with Gasteiger partial charge in [-0.3, -0.25) is 4.90 Å². The van der Waals surface area contributed by atoms with Gasteiger partial charge in [-0.2, -0.15) is 13.2 Å². The van der Waals surface area contributed by atoms with Crippen molar-refractivity contribution >= 4 is 6.09 Å². The van der Waals surface area contributed by atoms with E-state index in [4.69, 9.17) is 4.74 Å². The van der Waals surface area contributed by atoms with Gasteiger partial charge in [0.1, 0.15) is 5.60 Å². The number of ether oxygens (including phenoxy) is 1. The quantitative estimate of drug-likeness (QED) is 0.633. The molecule has 0 aromatic heterocycles. The summed E-state index contributed by atoms with van der Waals surface area (Å²) in [6.45, 7) is 14.8. The lowest BCUT2D eigenvalue weighted by molar-refractivity contribution is -0.137. The molecule has 3 atom stereocenters. The Bertz CT molecular complexity index is 695. The van der Waals surface area contributed by atoms with E-state index in [0.29, 0.717) is 13.1 Å². The predicted molar refractivity (Wildman–Crippen MR) is 108 cm³/mol. The molecule has 1 aliphatic rings. The summed E-state index contributed by atoms with van der Waals surface area (Å²) in [5.74, 6) is 0.203. The lowest BCUT2D eigenvalue weighted by Crippen LogP contribution is -2.59. The van der Waals surface area contributed by atoms with Gasteiger partial charge < -0.3 is 9.64 Å². The summed E-state index contributed by atoms with van der Waals surface area (Å²) in [4.78, 5) is 16.6. The van der Waals surface area contributed by atoms with Crippen molar-refractivity contribution in [3.8, 4) is 0 Å². The number of halogens is 3. The number of alkyl halides is 3. The van der Waals surface area contributed by atoms with Crippen LogP contribution in [0.25, 0.3) is 0 Å². The molecule has 7 heteroatoms. The molecule has 0 N–H and O–H groups in total. The van der Waals surface area contributed by atoms with Crippen LogP contribution in [0.1, 0.15) is 65.6 Å². The zero-order chi connectivity index (χ0) is 22.1. The number of benzene rings is 1. The summed E-state index contributed by atoms with van der Waals surface area (Å²) in [6.07, 6.45) is -4.67. The fraction of sp³-hybridized carbons (Fsp3) is 0.682. The minimum absolute atomic E-state index is 0.0319. The first kappa shape index (κ1) is 23.5. The molecule has 1 unspecified atom stereocenters. The number of carbonyl (C=O) groups excluding carboxylic acids is 1. The maximum absolute atomic E-state index is 12.9. The largest absolute Gasteiger partial charge is 0.444 e. The van der Waals surface area contributed by atoms with Gasteiger partial charge in [-0.15, -0.1) is 0 Å². The van der Waals surface area contributed by atoms with Crippen molar-refractivity contribution in [1.29, 1.82) is 0 Å². The second kappa shape index (κ2) is 8.54. The van der Waals surface area contributed by atoms with Crippen LogP contribution in [-0.2, 0) is 10.9 Å². The zero-order valence-electron chi connectivity index (χ0n) is 18.4. The Hall–Kier alpha value is -1.76. The van der Waals surface area contributed by atoms with E-state index in [1.807, 2.05) is 34.6 Å². The normalized spacial score (nSPS) is 22.7. The summed E-state index contributed by atoms with van der Waals surface area (Å²) < 4.78 is 44.3. The molecule has 0 spiro atoms. The van der Waals surface area contributed by atoms with E-state index < -0.39 is 17.3 Å². The Kier molecular flexibility index (Phi) is 6.93. The van der Waals surface area contributed by atoms with Crippen LogP contribution in [0, 0.1) is 5.92 Å². The van der Waals surface area contributed by atoms with Crippen molar-refractivity contribution < 1.29 is 22.7 Å². The van der Waals surface area contributed by atoms with Crippen LogP contribution in [0.5, 0.6) is 0 Å². The highest BCUT2D eigenvalue weighted by Gasteiger charge is 2.39. The molecule has 0 aliphatic carbocycles. The lowest BCUT2D eigenvalue weighted by atomic mass is 9.91. The van der Waals surface area contributed by atoms with Crippen LogP contribution in [0.4, 0.5) is 18.0 Å². The van der Waals surface area contributed by atoms with E-state index in [-0.39, 0.29) is 30.1 Å². The topological polar surface area (TPSA) is 32.8 Å². The number of hydrogen-bond donors (Lipinski definition) is 0. The third-order valence-electron chi connectivity index (χ3n) is 5.23. The molecule has 0 bridgehead atoms. The summed E-state index contributed by atoms with van der Waals surface area (Å²) >= 11 is 0. The van der Waals surface area contributed by atoms with Crippen molar-refractivity contribution in [2.24, 2.45) is 5.92 Å². The van der Waals surface area contributed by atoms with Crippen LogP contribution in [0.15, 0.2) is 24.3 Å². The molecular formula is C22H33F3N2O2. The number of carbonyl (C=O) groups is 1. The van der Waals surface area contributed by atoms with Crippen molar-refractivity contribution in [2.75, 3.05) is 13.1 Å². The second-order valence-corrected chi connectivity index (χ2v) is 9.34. The van der Waals surface area contributed by atoms with E-state index in [0.717, 1.165) is 17.7 Å². The summed E-state index contributed by atoms with van der Waals surface area (Å²) in [7, 11) is 0. The van der Waals surface area contributed by atoms with E-state index in [9.17, 15) is 18.0 Å². The monoisotopic (exact) mass is 414 g/mol. The molecule has 0 saturated carbocycles. The number of hydrogen-bond acceptors (Lipinski definition) is 3. The van der Waals surface area contributed by atoms with Gasteiger partial charge in [0, 0.05) is 31.2 Å². The molecule has 1 amide bonds. The molecule has 1 aromatic rings. The smallest absolute Gasteiger partial charge is 0.416 e. The van der Waals surface area contributed by atoms with Crippen molar-refractivity contribution in [3.05, 3.63) is 35.4 Å². The highest BCUT2D eigenvalue weighted by Crippen LogP contribution is 2.36. The molecule has 1 aliphatic heterocycles. The number of amides is 1. The van der Waals surface area contributed by atoms with Crippen molar-refractivity contribution in [3.63, 3.8) is 0 Å². The molecule has 29 heavy (non-hydrogen) atoms. The maximum Gasteiger partial charge on any atom is 0.416 e. The Morgan fingerprint density at radius 3 is 2.03 bits per heavy atom. The van der Waals surface area contributed by atoms with Crippen LogP contribution >= 0.6 is 0 Å². The van der Waals surface area contributed by atoms with E-state index in [1.165, 1.54) is 0 Å². The molecule has 1 fully saturated rings. The van der Waals surface area contributed by atoms with Gasteiger partial charge in [-0.05, 0) is 58.2 Å². The SMILES string of the molecule is CC(C)C(c1ccc(C(F)(F)F)cc1)N1C[C@H](C)N(C(=O)OC(C)(C)C)C[C@H]1C. The summed E-state index contributed by atoms with van der Waals surface area (Å²) in [5.41, 5.74) is -0.338. The first-order chi connectivity index (χ1) is 13.2. The Morgan fingerprint density at radius 2 is 1.59 bits per heavy atom. The average Bonchev–Trinajstić information content (AvgIpc) is 2.55. The molecule has 4 nitrogen and oxygen atoms in total. The van der Waals surface area contributed by atoms with Gasteiger partial charge in [-0.25, -0.2) is 4.79 Å². The highest BCUT2D eigenvalue weighted by atomic mass is 19.4. The molecule has 1 saturated heterocycles. The van der Waals surface area contributed by atoms with Crippen LogP contribution in [0.3, 0.4) is 0 Å². The summed E-state index contributed by atoms with van der Waals surface area (Å²) in [6, 6.07) is 5.41. The Labute approximate surface area is 172 Å². The highest BCUT2D eigenvalue weighted by molar-refractivity contribution is 5.68. The third kappa shape index (κ3) is 5.87. The Balaban J connectivity index is 2.22. The van der Waals surface area contributed by atoms with Crippen LogP contribution in [-0.4, -0.2) is 46.7 Å². The minimum Gasteiger partial charge on any atom is -0.444 e. The first-order valence-electron chi connectivity index (χ1n) is 10.1. The molecule has 1 aromatic carbocycles. The van der Waals surface area contributed by atoms with Gasteiger partial charge in [0.2, 0.25) is 0 Å². The fourth-order valence-corrected chi connectivity index (χ4v) is 3.94. The third-order valence-corrected chi connectivity index (χ3v) is 5.23. The molecular weight excluding hydrogens is 381 g/mol. The van der Waals surface area contributed by atoms with Gasteiger partial charge in [0.15, 0.2) is 0 Å². The van der Waals surface area contributed by atoms with E-state index in [2.05, 4.69) is 18.7 Å². The van der Waals surface area contributed by atoms with Crippen molar-refractivity contribution in [1.82, 2.24) is 9.80 Å². The zero-order valence-corrected chi connectivity index (χ0v) is 18.4. The van der Waals surface area contributed by atoms with Crippen LogP contribution in [0.2, 0.25) is 0 Å². The van der Waals surface area contributed by atoms with Gasteiger partial charge in [-0.1, -0.05) is 26.0 Å². The first-order valence-corrected chi connectivity index (χ1v) is 10.1. The van der Waals surface area contributed by atoms with E-state index in [1.54, 1.807) is 17.0 Å². The number of rotatable bonds is 3. The standard InChI is InChI=1S/C22H33F3N2O2/c1-14(2)19(17-8-10-18(11-9-17)22(23,24)25)26-12-16(4)27(13-15(26)3)20(28)29-21(5,6)7/h8-11,14-16,19H,12-13H2,1-7H3/t15-,16+,19?/m1/s1. The van der Waals surface area contributed by atoms with Crippen LogP contribution < -0.4 is 0 Å². The minimum atomic E-state index is -4.34. The van der Waals surface area contributed by atoms with Gasteiger partial charge in [0.05, 0.1) is 5.56 Å². The van der Waals surface area contributed by atoms with Gasteiger partial charge in [0.25, 0.3) is 0 Å². The Morgan fingerprint density at radius 1 is 1.03 bits per heavy atom. The predicted octanol–water partition coefficient (Wildman–Crippen LogP) is 5.73. The molecule has 164 valence electrons. The number of piperazine rings is 1. The molecule has 2 rings (SSSR count). The van der Waals surface area contributed by atoms with Gasteiger partial charge >= 0.3 is 12.3 Å². The maximum atomic E-state index is 12.9. The number of nitrogens with zero attached hydrogens (tertiary/aromatic N) is 2. The molecule has 0 radical (unpaired) electrons. The summed E-state index contributed by atoms with van der Waals surface area (Å²) in [5, 5.41) is 0. The van der Waals surface area contributed by atoms with E-state index >= 15 is 0 Å². The average molecular weight is 415 g/mol. The lowest BCUT2D eigenvalue weighted by Gasteiger charge is -2.48. The second-order valence-electron chi connectivity index (χ2n) is 9.34.